The molecule has 0 spiro atoms. The van der Waals surface area contributed by atoms with E-state index < -0.39 is 20.4 Å². The maximum Gasteiger partial charge on any atom is 0.0700 e. The Morgan fingerprint density at radius 1 is 0.810 bits per heavy atom. The van der Waals surface area contributed by atoms with Crippen molar-refractivity contribution in [3.8, 4) is 0 Å². The molecule has 2 atom stereocenters. The third-order valence-corrected chi connectivity index (χ3v) is 17.3. The van der Waals surface area contributed by atoms with Gasteiger partial charge in [0.25, 0.3) is 0 Å². The van der Waals surface area contributed by atoms with Gasteiger partial charge in [-0.15, -0.1) is 0 Å². The van der Waals surface area contributed by atoms with E-state index in [0.29, 0.717) is 0 Å². The predicted octanol–water partition coefficient (Wildman–Crippen LogP) is 4.57. The second-order valence-electron chi connectivity index (χ2n) is 7.12. The smallest absolute Gasteiger partial charge is 0.0700 e. The normalized spacial score (nSPS) is 42.0. The molecule has 0 aromatic heterocycles. The van der Waals surface area contributed by atoms with Crippen LogP contribution in [0.4, 0.5) is 0 Å². The zero-order valence-corrected chi connectivity index (χ0v) is 18.4. The van der Waals surface area contributed by atoms with Crippen molar-refractivity contribution in [2.45, 2.75) is 50.3 Å². The van der Waals surface area contributed by atoms with Crippen LogP contribution in [0.2, 0.25) is 0 Å². The molecule has 0 N–H and O–H groups in total. The predicted molar refractivity (Wildman–Crippen MR) is 107 cm³/mol. The summed E-state index contributed by atoms with van der Waals surface area (Å²) in [6, 6.07) is 0. The van der Waals surface area contributed by atoms with Gasteiger partial charge in [0.2, 0.25) is 0 Å². The summed E-state index contributed by atoms with van der Waals surface area (Å²) in [7, 11) is 5.06. The average molecular weight is 356 g/mol. The Hall–Kier alpha value is 0.930. The maximum absolute atomic E-state index is 2.76. The lowest BCUT2D eigenvalue weighted by Crippen LogP contribution is -2.60. The molecule has 1 aliphatic rings. The van der Waals surface area contributed by atoms with Gasteiger partial charge >= 0.3 is 0 Å². The highest BCUT2D eigenvalue weighted by molar-refractivity contribution is 8.38. The lowest BCUT2D eigenvalue weighted by molar-refractivity contribution is 0.305. The van der Waals surface area contributed by atoms with E-state index in [-0.39, 0.29) is 9.74 Å². The fourth-order valence-electron chi connectivity index (χ4n) is 3.18. The third kappa shape index (κ3) is 2.68. The van der Waals surface area contributed by atoms with Crippen LogP contribution in [0, 0.1) is 0 Å². The highest BCUT2D eigenvalue weighted by atomic mass is 32.3. The Balaban J connectivity index is 3.54. The fourth-order valence-corrected chi connectivity index (χ4v) is 11.9. The van der Waals surface area contributed by atoms with Gasteiger partial charge in [-0.2, -0.15) is 20.4 Å². The minimum Gasteiger partial charge on any atom is -0.254 e. The molecule has 130 valence electrons. The van der Waals surface area contributed by atoms with E-state index in [1.54, 1.807) is 0 Å². The third-order valence-electron chi connectivity index (χ3n) is 6.36. The molecule has 1 heterocycles. The van der Waals surface area contributed by atoms with Gasteiger partial charge in [0.1, 0.15) is 0 Å². The Bertz CT molecular complexity index is 388. The van der Waals surface area contributed by atoms with Crippen LogP contribution in [0.15, 0.2) is 0 Å². The molecule has 0 radical (unpaired) electrons. The van der Waals surface area contributed by atoms with E-state index in [0.717, 1.165) is 0 Å². The van der Waals surface area contributed by atoms with Gasteiger partial charge in [0.15, 0.2) is 0 Å². The summed E-state index contributed by atoms with van der Waals surface area (Å²) in [4.78, 5) is 0.429. The molecular formula is C15H37N3S3. The first-order chi connectivity index (χ1) is 9.32. The molecule has 0 bridgehead atoms. The first-order valence-corrected chi connectivity index (χ1v) is 13.2. The summed E-state index contributed by atoms with van der Waals surface area (Å²) < 4.78 is 7.81. The van der Waals surface area contributed by atoms with Gasteiger partial charge in [-0.1, -0.05) is 13.8 Å². The molecule has 0 saturated carbocycles. The first kappa shape index (κ1) is 20.0. The van der Waals surface area contributed by atoms with Gasteiger partial charge in [0.05, 0.1) is 9.74 Å². The summed E-state index contributed by atoms with van der Waals surface area (Å²) in [5.41, 5.74) is 0. The van der Waals surface area contributed by atoms with Crippen LogP contribution >= 0.6 is 32.6 Å². The highest BCUT2D eigenvalue weighted by Crippen LogP contribution is 2.72. The summed E-state index contributed by atoms with van der Waals surface area (Å²) in [5, 5.41) is 0. The van der Waals surface area contributed by atoms with Crippen LogP contribution in [-0.4, -0.2) is 68.2 Å². The van der Waals surface area contributed by atoms with Crippen LogP contribution in [0.1, 0.15) is 40.5 Å². The summed E-state index contributed by atoms with van der Waals surface area (Å²) in [6.07, 6.45) is 12.3. The van der Waals surface area contributed by atoms with Gasteiger partial charge in [-0.25, -0.2) is 8.02 Å². The van der Waals surface area contributed by atoms with Gasteiger partial charge in [-0.3, -0.25) is 4.31 Å². The minimum atomic E-state index is -0.942. The zero-order valence-electron chi connectivity index (χ0n) is 16.0. The standard InChI is InChI=1S/C15H37N3S3/c1-12-14(3)16(5)19-18(7)21(10,11)15(4,13-2)17(6)20(14,8)9/h12-13H2,1-11H3. The number of hydrogen-bond donors (Lipinski definition) is 0. The van der Waals surface area contributed by atoms with E-state index in [2.05, 4.69) is 86.2 Å². The first-order valence-electron chi connectivity index (χ1n) is 7.68. The summed E-state index contributed by atoms with van der Waals surface area (Å²) in [6.45, 7) is 9.62. The van der Waals surface area contributed by atoms with Crippen LogP contribution in [-0.2, 0) is 0 Å². The van der Waals surface area contributed by atoms with E-state index >= 15 is 0 Å². The number of rotatable bonds is 2. The SMILES string of the molecule is CCC1(C)N(C)S(C)(C)C(C)(CC)N(C)SN(C)S1(C)C. The Morgan fingerprint density at radius 2 is 1.24 bits per heavy atom. The minimum absolute atomic E-state index is 0.201. The molecule has 6 heteroatoms. The molecule has 2 unspecified atom stereocenters. The molecule has 1 aliphatic heterocycles. The zero-order chi connectivity index (χ0) is 16.9. The van der Waals surface area contributed by atoms with E-state index in [4.69, 9.17) is 0 Å². The van der Waals surface area contributed by atoms with Gasteiger partial charge in [0, 0.05) is 26.2 Å². The molecular weight excluding hydrogens is 318 g/mol. The van der Waals surface area contributed by atoms with Crippen molar-refractivity contribution in [2.24, 2.45) is 0 Å². The largest absolute Gasteiger partial charge is 0.254 e. The molecule has 1 rings (SSSR count). The van der Waals surface area contributed by atoms with Crippen molar-refractivity contribution in [1.29, 1.82) is 0 Å². The van der Waals surface area contributed by atoms with Gasteiger partial charge < -0.3 is 0 Å². The molecule has 0 aromatic carbocycles. The number of hydrogen-bond acceptors (Lipinski definition) is 4. The maximum atomic E-state index is 2.76. The summed E-state index contributed by atoms with van der Waals surface area (Å²) >= 11 is 1.93. The second kappa shape index (κ2) is 6.10. The highest BCUT2D eigenvalue weighted by Gasteiger charge is 2.54. The number of nitrogens with zero attached hydrogens (tertiary/aromatic N) is 3. The Kier molecular flexibility index (Phi) is 5.80. The fraction of sp³-hybridized carbons (Fsp3) is 1.00. The quantitative estimate of drug-likeness (QED) is 0.671. The molecule has 1 saturated heterocycles. The molecule has 1 fully saturated rings. The van der Waals surface area contributed by atoms with E-state index in [1.807, 2.05) is 12.1 Å². The molecule has 0 aromatic rings. The van der Waals surface area contributed by atoms with Crippen LogP contribution in [0.3, 0.4) is 0 Å². The van der Waals surface area contributed by atoms with Crippen molar-refractivity contribution in [2.75, 3.05) is 46.2 Å². The molecule has 0 aliphatic carbocycles. The summed E-state index contributed by atoms with van der Waals surface area (Å²) in [5.74, 6) is 0. The monoisotopic (exact) mass is 355 g/mol. The van der Waals surface area contributed by atoms with Crippen molar-refractivity contribution in [3.05, 3.63) is 0 Å². The lowest BCUT2D eigenvalue weighted by Gasteiger charge is -2.69. The van der Waals surface area contributed by atoms with Crippen molar-refractivity contribution < 1.29 is 0 Å². The topological polar surface area (TPSA) is 9.72 Å². The van der Waals surface area contributed by atoms with E-state index in [1.165, 1.54) is 12.8 Å². The lowest BCUT2D eigenvalue weighted by atomic mass is 10.2. The van der Waals surface area contributed by atoms with Crippen LogP contribution in [0.5, 0.6) is 0 Å². The second-order valence-corrected chi connectivity index (χ2v) is 16.6. The average Bonchev–Trinajstić information content (AvgIpc) is 2.42. The van der Waals surface area contributed by atoms with Crippen LogP contribution in [0.25, 0.3) is 0 Å². The Morgan fingerprint density at radius 3 is 1.62 bits per heavy atom. The van der Waals surface area contributed by atoms with Crippen molar-refractivity contribution >= 4 is 32.6 Å². The Labute approximate surface area is 141 Å². The van der Waals surface area contributed by atoms with E-state index in [9.17, 15) is 0 Å². The van der Waals surface area contributed by atoms with Crippen LogP contribution < -0.4 is 0 Å². The van der Waals surface area contributed by atoms with Gasteiger partial charge in [-0.05, 0) is 58.8 Å². The molecule has 3 nitrogen and oxygen atoms in total. The molecule has 21 heavy (non-hydrogen) atoms. The van der Waals surface area contributed by atoms with Crippen molar-refractivity contribution in [1.82, 2.24) is 12.3 Å². The molecule has 0 amide bonds. The van der Waals surface area contributed by atoms with Crippen molar-refractivity contribution in [3.63, 3.8) is 0 Å².